The Morgan fingerprint density at radius 3 is 2.12 bits per heavy atom. The van der Waals surface area contributed by atoms with E-state index in [2.05, 4.69) is 152 Å². The highest BCUT2D eigenvalue weighted by molar-refractivity contribution is 7.26. The van der Waals surface area contributed by atoms with Crippen LogP contribution < -0.4 is 4.90 Å². The van der Waals surface area contributed by atoms with E-state index in [1.807, 2.05) is 11.3 Å². The molecule has 0 unspecified atom stereocenters. The zero-order valence-electron chi connectivity index (χ0n) is 35.0. The summed E-state index contributed by atoms with van der Waals surface area (Å²) < 4.78 is 2.68. The number of hydrogen-bond donors (Lipinski definition) is 0. The molecule has 8 aromatic rings. The molecule has 6 aliphatic rings. The van der Waals surface area contributed by atoms with Gasteiger partial charge in [0.2, 0.25) is 0 Å². The van der Waals surface area contributed by atoms with E-state index in [-0.39, 0.29) is 5.41 Å². The van der Waals surface area contributed by atoms with Crippen LogP contribution in [0.1, 0.15) is 97.9 Å². The molecule has 2 heteroatoms. The van der Waals surface area contributed by atoms with Gasteiger partial charge in [-0.3, -0.25) is 0 Å². The Kier molecular flexibility index (Phi) is 7.95. The maximum atomic E-state index is 2.74. The van der Waals surface area contributed by atoms with E-state index in [1.165, 1.54) is 146 Å². The minimum Gasteiger partial charge on any atom is -0.310 e. The van der Waals surface area contributed by atoms with Gasteiger partial charge in [0.05, 0.1) is 5.69 Å². The predicted molar refractivity (Wildman–Crippen MR) is 256 cm³/mol. The van der Waals surface area contributed by atoms with Gasteiger partial charge in [0, 0.05) is 37.0 Å². The SMILES string of the molecule is Cc1ccc2c(c1)-c1cc(C)c(-c3cc(C4CCCCC4)c4cc(N(c5ccccc5)c5cccc6sc7ccccc7c56)ccc4c3)cc1C21C2CC3CC(C2)CC1C3. The van der Waals surface area contributed by atoms with Crippen molar-refractivity contribution in [2.45, 2.75) is 89.4 Å². The summed E-state index contributed by atoms with van der Waals surface area (Å²) in [5.41, 5.74) is 17.5. The zero-order chi connectivity index (χ0) is 39.7. The van der Waals surface area contributed by atoms with E-state index in [0.717, 1.165) is 23.7 Å². The molecule has 60 heavy (non-hydrogen) atoms. The predicted octanol–water partition coefficient (Wildman–Crippen LogP) is 16.7. The van der Waals surface area contributed by atoms with Gasteiger partial charge < -0.3 is 4.90 Å². The highest BCUT2D eigenvalue weighted by Gasteiger charge is 2.61. The van der Waals surface area contributed by atoms with E-state index in [1.54, 1.807) is 16.7 Å². The van der Waals surface area contributed by atoms with Crippen molar-refractivity contribution in [3.63, 3.8) is 0 Å². The third-order valence-electron chi connectivity index (χ3n) is 16.4. The average molecular weight is 796 g/mol. The summed E-state index contributed by atoms with van der Waals surface area (Å²) in [6.07, 6.45) is 13.7. The van der Waals surface area contributed by atoms with Crippen LogP contribution in [-0.4, -0.2) is 0 Å². The van der Waals surface area contributed by atoms with Crippen LogP contribution in [0.5, 0.6) is 0 Å². The summed E-state index contributed by atoms with van der Waals surface area (Å²) in [6.45, 7) is 4.69. The first-order valence-electron chi connectivity index (χ1n) is 23.1. The second-order valence-corrected chi connectivity index (χ2v) is 20.7. The molecule has 1 spiro atoms. The van der Waals surface area contributed by atoms with Gasteiger partial charge >= 0.3 is 0 Å². The molecule has 296 valence electrons. The fourth-order valence-electron chi connectivity index (χ4n) is 14.1. The van der Waals surface area contributed by atoms with Crippen molar-refractivity contribution in [3.8, 4) is 22.3 Å². The number of para-hydroxylation sites is 1. The lowest BCUT2D eigenvalue weighted by Crippen LogP contribution is -2.55. The molecule has 0 amide bonds. The van der Waals surface area contributed by atoms with Gasteiger partial charge in [0.1, 0.15) is 0 Å². The van der Waals surface area contributed by atoms with Gasteiger partial charge in [-0.05, 0) is 198 Å². The zero-order valence-corrected chi connectivity index (χ0v) is 35.8. The van der Waals surface area contributed by atoms with Crippen molar-refractivity contribution < 1.29 is 0 Å². The Labute approximate surface area is 359 Å². The first kappa shape index (κ1) is 35.6. The summed E-state index contributed by atoms with van der Waals surface area (Å²) >= 11 is 1.90. The highest BCUT2D eigenvalue weighted by Crippen LogP contribution is 2.69. The molecule has 1 heterocycles. The van der Waals surface area contributed by atoms with Crippen LogP contribution in [0.15, 0.2) is 133 Å². The topological polar surface area (TPSA) is 3.24 Å². The van der Waals surface area contributed by atoms with E-state index in [9.17, 15) is 0 Å². The third-order valence-corrected chi connectivity index (χ3v) is 17.5. The average Bonchev–Trinajstić information content (AvgIpc) is 3.79. The molecular weight excluding hydrogens is 743 g/mol. The van der Waals surface area contributed by atoms with Crippen LogP contribution in [-0.2, 0) is 5.41 Å². The summed E-state index contributed by atoms with van der Waals surface area (Å²) in [4.78, 5) is 2.52. The molecule has 7 aromatic carbocycles. The van der Waals surface area contributed by atoms with E-state index < -0.39 is 0 Å². The number of benzene rings is 7. The van der Waals surface area contributed by atoms with Gasteiger partial charge in [-0.1, -0.05) is 104 Å². The summed E-state index contributed by atoms with van der Waals surface area (Å²) in [5.74, 6) is 4.00. The van der Waals surface area contributed by atoms with Gasteiger partial charge in [0.15, 0.2) is 0 Å². The largest absolute Gasteiger partial charge is 0.310 e. The van der Waals surface area contributed by atoms with Crippen molar-refractivity contribution in [3.05, 3.63) is 161 Å². The second kappa shape index (κ2) is 13.4. The maximum absolute atomic E-state index is 2.74. The fraction of sp³-hybridized carbons (Fsp3) is 0.310. The molecule has 0 saturated heterocycles. The Hall–Kier alpha value is -5.18. The maximum Gasteiger partial charge on any atom is 0.0554 e. The fourth-order valence-corrected chi connectivity index (χ4v) is 15.3. The molecule has 1 aromatic heterocycles. The van der Waals surface area contributed by atoms with Crippen molar-refractivity contribution >= 4 is 59.3 Å². The van der Waals surface area contributed by atoms with Crippen LogP contribution in [0.3, 0.4) is 0 Å². The number of rotatable bonds is 5. The molecule has 0 atom stereocenters. The Balaban J connectivity index is 1.00. The molecule has 4 bridgehead atoms. The number of nitrogens with zero attached hydrogens (tertiary/aromatic N) is 1. The smallest absolute Gasteiger partial charge is 0.0554 e. The van der Waals surface area contributed by atoms with Gasteiger partial charge in [-0.2, -0.15) is 0 Å². The third kappa shape index (κ3) is 5.16. The van der Waals surface area contributed by atoms with Gasteiger partial charge in [-0.15, -0.1) is 11.3 Å². The molecule has 5 fully saturated rings. The van der Waals surface area contributed by atoms with Crippen molar-refractivity contribution in [2.24, 2.45) is 23.7 Å². The molecule has 5 saturated carbocycles. The molecule has 0 radical (unpaired) electrons. The van der Waals surface area contributed by atoms with E-state index in [0.29, 0.717) is 5.92 Å². The lowest BCUT2D eigenvalue weighted by molar-refractivity contribution is -0.0399. The minimum atomic E-state index is 0.170. The Morgan fingerprint density at radius 1 is 0.550 bits per heavy atom. The van der Waals surface area contributed by atoms with Crippen LogP contribution >= 0.6 is 11.3 Å². The monoisotopic (exact) mass is 795 g/mol. The first-order valence-corrected chi connectivity index (χ1v) is 23.9. The quantitative estimate of drug-likeness (QED) is 0.168. The highest BCUT2D eigenvalue weighted by atomic mass is 32.1. The van der Waals surface area contributed by atoms with Crippen LogP contribution in [0.4, 0.5) is 17.1 Å². The standard InChI is InChI=1S/C58H53NS/c1-35-20-23-52-50(24-35)51-25-36(2)47(34-53(51)58(52)42-27-37-26-38(29-42)30-43(58)28-37)41-31-40-21-22-45(33-49(40)48(32-41)39-12-5-3-6-13-39)59(44-14-7-4-8-15-44)54-17-11-19-56-57(54)46-16-9-10-18-55(46)60-56/h4,7-11,14-25,31-34,37-39,42-43H,3,5-6,12-13,26-30H2,1-2H3. The summed E-state index contributed by atoms with van der Waals surface area (Å²) in [6, 6.07) is 52.3. The number of hydrogen-bond acceptors (Lipinski definition) is 2. The Bertz CT molecular complexity index is 2990. The minimum absolute atomic E-state index is 0.170. The molecule has 1 nitrogen and oxygen atoms in total. The van der Waals surface area contributed by atoms with E-state index >= 15 is 0 Å². The molecule has 0 aliphatic heterocycles. The first-order chi connectivity index (χ1) is 29.5. The van der Waals surface area contributed by atoms with Crippen LogP contribution in [0, 0.1) is 37.5 Å². The molecular formula is C58H53NS. The van der Waals surface area contributed by atoms with Gasteiger partial charge in [-0.25, -0.2) is 0 Å². The van der Waals surface area contributed by atoms with Crippen LogP contribution in [0.25, 0.3) is 53.2 Å². The summed E-state index contributed by atoms with van der Waals surface area (Å²) in [7, 11) is 0. The molecule has 14 rings (SSSR count). The Morgan fingerprint density at radius 2 is 1.30 bits per heavy atom. The number of fused-ring (bicyclic) bond motifs is 7. The number of anilines is 3. The van der Waals surface area contributed by atoms with Crippen molar-refractivity contribution in [1.29, 1.82) is 0 Å². The second-order valence-electron chi connectivity index (χ2n) is 19.7. The van der Waals surface area contributed by atoms with Crippen molar-refractivity contribution in [2.75, 3.05) is 4.90 Å². The lowest BCUT2D eigenvalue weighted by Gasteiger charge is -2.61. The number of aryl methyl sites for hydroxylation is 2. The normalized spacial score (nSPS) is 24.2. The number of thiophene rings is 1. The van der Waals surface area contributed by atoms with E-state index in [4.69, 9.17) is 0 Å². The van der Waals surface area contributed by atoms with Crippen molar-refractivity contribution in [1.82, 2.24) is 0 Å². The van der Waals surface area contributed by atoms with Gasteiger partial charge in [0.25, 0.3) is 0 Å². The summed E-state index contributed by atoms with van der Waals surface area (Å²) in [5, 5.41) is 5.46. The molecule has 6 aliphatic carbocycles. The van der Waals surface area contributed by atoms with Crippen LogP contribution in [0.2, 0.25) is 0 Å². The lowest BCUT2D eigenvalue weighted by atomic mass is 9.43. The molecule has 0 N–H and O–H groups in total.